The number of rotatable bonds is 6. The summed E-state index contributed by atoms with van der Waals surface area (Å²) in [5.74, 6) is -0.955. The molecule has 1 aromatic carbocycles. The van der Waals surface area contributed by atoms with Crippen LogP contribution in [-0.2, 0) is 14.8 Å². The molecule has 21 heavy (non-hydrogen) atoms. The molecule has 116 valence electrons. The molecular formula is C12H16N2O6S. The SMILES string of the molecule is CCC(C)NS(=O)(=O)c1ccc([N+](=O)[O-])cc1C(=O)OC. The predicted molar refractivity (Wildman–Crippen MR) is 74.5 cm³/mol. The van der Waals surface area contributed by atoms with E-state index < -0.39 is 26.6 Å². The van der Waals surface area contributed by atoms with Crippen molar-refractivity contribution in [2.24, 2.45) is 0 Å². The van der Waals surface area contributed by atoms with Gasteiger partial charge in [-0.3, -0.25) is 10.1 Å². The molecule has 1 aromatic rings. The standard InChI is InChI=1S/C12H16N2O6S/c1-4-8(2)13-21(18,19)11-6-5-9(14(16)17)7-10(11)12(15)20-3/h5-8,13H,4H2,1-3H3. The van der Waals surface area contributed by atoms with Gasteiger partial charge in [0.15, 0.2) is 0 Å². The second kappa shape index (κ2) is 6.64. The molecule has 1 rings (SSSR count). The number of nitrogens with one attached hydrogen (secondary N) is 1. The van der Waals surface area contributed by atoms with Crippen LogP contribution in [0.3, 0.4) is 0 Å². The largest absolute Gasteiger partial charge is 0.465 e. The van der Waals surface area contributed by atoms with Gasteiger partial charge < -0.3 is 4.74 Å². The van der Waals surface area contributed by atoms with E-state index in [1.54, 1.807) is 13.8 Å². The molecule has 0 bridgehead atoms. The Morgan fingerprint density at radius 1 is 1.48 bits per heavy atom. The first-order valence-corrected chi connectivity index (χ1v) is 7.60. The van der Waals surface area contributed by atoms with Gasteiger partial charge in [0.05, 0.1) is 22.5 Å². The van der Waals surface area contributed by atoms with Crippen LogP contribution < -0.4 is 4.72 Å². The van der Waals surface area contributed by atoms with Crippen LogP contribution in [0.15, 0.2) is 23.1 Å². The number of sulfonamides is 1. The topological polar surface area (TPSA) is 116 Å². The normalized spacial score (nSPS) is 12.7. The molecule has 1 N–H and O–H groups in total. The predicted octanol–water partition coefficient (Wildman–Crippen LogP) is 1.46. The summed E-state index contributed by atoms with van der Waals surface area (Å²) in [4.78, 5) is 21.3. The third-order valence-electron chi connectivity index (χ3n) is 2.84. The number of esters is 1. The Hall–Kier alpha value is -2.00. The van der Waals surface area contributed by atoms with Crippen LogP contribution in [0, 0.1) is 10.1 Å². The van der Waals surface area contributed by atoms with Gasteiger partial charge in [-0.05, 0) is 19.4 Å². The molecule has 0 amide bonds. The van der Waals surface area contributed by atoms with Crippen LogP contribution in [-0.4, -0.2) is 32.5 Å². The lowest BCUT2D eigenvalue weighted by atomic mass is 10.2. The summed E-state index contributed by atoms with van der Waals surface area (Å²) in [7, 11) is -2.90. The summed E-state index contributed by atoms with van der Waals surface area (Å²) in [5.41, 5.74) is -0.764. The highest BCUT2D eigenvalue weighted by Gasteiger charge is 2.26. The van der Waals surface area contributed by atoms with E-state index in [0.717, 1.165) is 25.3 Å². The van der Waals surface area contributed by atoms with Gasteiger partial charge in [0, 0.05) is 18.2 Å². The second-order valence-electron chi connectivity index (χ2n) is 4.36. The molecule has 0 aliphatic heterocycles. The molecule has 9 heteroatoms. The van der Waals surface area contributed by atoms with Gasteiger partial charge in [0.1, 0.15) is 0 Å². The Kier molecular flexibility index (Phi) is 5.39. The molecule has 0 heterocycles. The van der Waals surface area contributed by atoms with E-state index in [2.05, 4.69) is 9.46 Å². The Morgan fingerprint density at radius 3 is 2.57 bits per heavy atom. The minimum atomic E-state index is -3.97. The highest BCUT2D eigenvalue weighted by atomic mass is 32.2. The molecule has 0 fully saturated rings. The van der Waals surface area contributed by atoms with Crippen molar-refractivity contribution in [3.8, 4) is 0 Å². The fourth-order valence-corrected chi connectivity index (χ4v) is 3.05. The zero-order valence-corrected chi connectivity index (χ0v) is 12.6. The van der Waals surface area contributed by atoms with Crippen molar-refractivity contribution in [3.63, 3.8) is 0 Å². The molecule has 0 aromatic heterocycles. The summed E-state index contributed by atoms with van der Waals surface area (Å²) >= 11 is 0. The molecular weight excluding hydrogens is 300 g/mol. The van der Waals surface area contributed by atoms with E-state index >= 15 is 0 Å². The average molecular weight is 316 g/mol. The lowest BCUT2D eigenvalue weighted by Gasteiger charge is -2.14. The van der Waals surface area contributed by atoms with Gasteiger partial charge in [-0.2, -0.15) is 0 Å². The fraction of sp³-hybridized carbons (Fsp3) is 0.417. The van der Waals surface area contributed by atoms with E-state index in [1.807, 2.05) is 0 Å². The Balaban J connectivity index is 3.41. The van der Waals surface area contributed by atoms with E-state index in [0.29, 0.717) is 6.42 Å². The van der Waals surface area contributed by atoms with Crippen LogP contribution >= 0.6 is 0 Å². The Morgan fingerprint density at radius 2 is 2.10 bits per heavy atom. The highest BCUT2D eigenvalue weighted by Crippen LogP contribution is 2.23. The lowest BCUT2D eigenvalue weighted by Crippen LogP contribution is -2.33. The molecule has 8 nitrogen and oxygen atoms in total. The average Bonchev–Trinajstić information content (AvgIpc) is 2.44. The van der Waals surface area contributed by atoms with Crippen molar-refractivity contribution in [2.45, 2.75) is 31.2 Å². The smallest absolute Gasteiger partial charge is 0.339 e. The van der Waals surface area contributed by atoms with Gasteiger partial charge >= 0.3 is 5.97 Å². The number of hydrogen-bond donors (Lipinski definition) is 1. The minimum absolute atomic E-state index is 0.337. The first kappa shape index (κ1) is 17.1. The first-order valence-electron chi connectivity index (χ1n) is 6.12. The number of carbonyl (C=O) groups is 1. The number of ether oxygens (including phenoxy) is 1. The molecule has 0 saturated carbocycles. The molecule has 1 atom stereocenters. The molecule has 0 spiro atoms. The first-order chi connectivity index (χ1) is 9.72. The van der Waals surface area contributed by atoms with E-state index in [-0.39, 0.29) is 16.5 Å². The van der Waals surface area contributed by atoms with Crippen molar-refractivity contribution < 1.29 is 22.9 Å². The number of nitro groups is 1. The zero-order chi connectivity index (χ0) is 16.2. The van der Waals surface area contributed by atoms with Crippen molar-refractivity contribution in [1.82, 2.24) is 4.72 Å². The number of nitrogens with zero attached hydrogens (tertiary/aromatic N) is 1. The quantitative estimate of drug-likeness (QED) is 0.482. The Bertz CT molecular complexity index is 656. The molecule has 1 unspecified atom stereocenters. The number of carbonyl (C=O) groups excluding carboxylic acids is 1. The number of non-ortho nitro benzene ring substituents is 1. The third kappa shape index (κ3) is 3.99. The van der Waals surface area contributed by atoms with Gasteiger partial charge in [0.25, 0.3) is 5.69 Å². The summed E-state index contributed by atoms with van der Waals surface area (Å²) in [6.45, 7) is 3.46. The maximum Gasteiger partial charge on any atom is 0.339 e. The van der Waals surface area contributed by atoms with Gasteiger partial charge in [-0.25, -0.2) is 17.9 Å². The van der Waals surface area contributed by atoms with Crippen molar-refractivity contribution >= 4 is 21.7 Å². The molecule has 0 saturated heterocycles. The third-order valence-corrected chi connectivity index (χ3v) is 4.49. The summed E-state index contributed by atoms with van der Waals surface area (Å²) < 4.78 is 31.3. The number of hydrogen-bond acceptors (Lipinski definition) is 6. The molecule has 0 radical (unpaired) electrons. The fourth-order valence-electron chi connectivity index (χ4n) is 1.55. The molecule has 0 aliphatic rings. The van der Waals surface area contributed by atoms with Gasteiger partial charge in [0.2, 0.25) is 10.0 Å². The van der Waals surface area contributed by atoms with E-state index in [9.17, 15) is 23.3 Å². The van der Waals surface area contributed by atoms with Crippen molar-refractivity contribution in [3.05, 3.63) is 33.9 Å². The van der Waals surface area contributed by atoms with Crippen LogP contribution in [0.25, 0.3) is 0 Å². The minimum Gasteiger partial charge on any atom is -0.465 e. The monoisotopic (exact) mass is 316 g/mol. The summed E-state index contributed by atoms with van der Waals surface area (Å²) in [6.07, 6.45) is 0.555. The van der Waals surface area contributed by atoms with Crippen molar-refractivity contribution in [2.75, 3.05) is 7.11 Å². The number of benzene rings is 1. The number of nitro benzene ring substituents is 1. The molecule has 0 aliphatic carbocycles. The second-order valence-corrected chi connectivity index (χ2v) is 6.04. The number of methoxy groups -OCH3 is 1. The van der Waals surface area contributed by atoms with Crippen LogP contribution in [0.4, 0.5) is 5.69 Å². The zero-order valence-electron chi connectivity index (χ0n) is 11.8. The van der Waals surface area contributed by atoms with E-state index in [4.69, 9.17) is 0 Å². The van der Waals surface area contributed by atoms with Crippen LogP contribution in [0.5, 0.6) is 0 Å². The maximum atomic E-state index is 12.2. The van der Waals surface area contributed by atoms with Gasteiger partial charge in [-0.15, -0.1) is 0 Å². The summed E-state index contributed by atoms with van der Waals surface area (Å²) in [6, 6.07) is 2.60. The van der Waals surface area contributed by atoms with Crippen molar-refractivity contribution in [1.29, 1.82) is 0 Å². The lowest BCUT2D eigenvalue weighted by molar-refractivity contribution is -0.384. The van der Waals surface area contributed by atoms with Gasteiger partial charge in [-0.1, -0.05) is 6.92 Å². The Labute approximate surface area is 122 Å². The maximum absolute atomic E-state index is 12.2. The van der Waals surface area contributed by atoms with Crippen LogP contribution in [0.1, 0.15) is 30.6 Å². The highest BCUT2D eigenvalue weighted by molar-refractivity contribution is 7.89. The summed E-state index contributed by atoms with van der Waals surface area (Å²) in [5, 5.41) is 10.7. The van der Waals surface area contributed by atoms with Crippen LogP contribution in [0.2, 0.25) is 0 Å². The van der Waals surface area contributed by atoms with E-state index in [1.165, 1.54) is 0 Å².